The third-order valence-electron chi connectivity index (χ3n) is 21.0. The zero-order valence-electron chi connectivity index (χ0n) is 66.1. The van der Waals surface area contributed by atoms with E-state index in [1.165, 1.54) is 26.8 Å². The number of primary amides is 1. The number of ether oxygens (including phenoxy) is 5. The van der Waals surface area contributed by atoms with E-state index in [9.17, 15) is 103 Å². The number of carboxylic acids is 1. The van der Waals surface area contributed by atoms with Crippen LogP contribution in [-0.2, 0) is 81.2 Å². The number of unbranched alkanes of at least 4 members (excludes halogenated alkanes) is 1. The second kappa shape index (κ2) is 46.8. The molecule has 640 valence electrons. The van der Waals surface area contributed by atoms with Gasteiger partial charge in [-0.25, -0.2) is 9.59 Å². The molecule has 0 radical (unpaired) electrons. The maximum Gasteiger partial charge on any atom is 0.336 e. The van der Waals surface area contributed by atoms with Crippen molar-refractivity contribution in [1.82, 2.24) is 47.9 Å². The number of esters is 1. The van der Waals surface area contributed by atoms with Gasteiger partial charge in [-0.2, -0.15) is 0 Å². The van der Waals surface area contributed by atoms with Crippen molar-refractivity contribution in [3.8, 4) is 0 Å². The Balaban J connectivity index is 1.03. The van der Waals surface area contributed by atoms with Crippen LogP contribution in [0.3, 0.4) is 0 Å². The first kappa shape index (κ1) is 95.1. The SMILES string of the molecule is C/C(=C\[C@H](C)CCCCC(=O)NCCNC(C)C(=O)NCC1NC(=O)C(C(=O)O)NC(=O)C(O)CNC(=O)C(C(C)O)NC(=O)C(C(O)C(O)C(N)=O)NC(=O)C(C(C)C)CC(=O)C(CO)NC1=O)C1OC2C=CC1OC(=O)\C=C/C=C\C=C\[C@H]1OC3C[C@@H]1O[C@@H](/C=C/C[C@H]1O[C@H](C[C@H](O)[C@H]1C)[C@@H](O)[C@@H](O)/C=C/CC/C=C/C2)C3C. The largest absolute Gasteiger partial charge is 0.479 e. The topological polar surface area (TPSA) is 567 Å². The number of Topliss-reactive ketones (excluding diaryl/α,β-unsaturated/α-hetero) is 1. The third kappa shape index (κ3) is 29.4. The summed E-state index contributed by atoms with van der Waals surface area (Å²) in [7, 11) is 0. The number of amides is 9. The molecule has 0 spiro atoms. The molecule has 4 fully saturated rings. The molecule has 7 bridgehead atoms. The summed E-state index contributed by atoms with van der Waals surface area (Å²) in [5.41, 5.74) is 5.97. The molecule has 20 N–H and O–H groups in total. The number of carboxylic acid groups (broad SMARTS) is 1. The molecule has 0 aromatic carbocycles. The van der Waals surface area contributed by atoms with Gasteiger partial charge in [0.2, 0.25) is 47.4 Å². The predicted octanol–water partition coefficient (Wildman–Crippen LogP) is -3.27. The molecule has 7 rings (SSSR count). The molecule has 26 atom stereocenters. The van der Waals surface area contributed by atoms with E-state index in [1.54, 1.807) is 35.7 Å². The number of allylic oxidation sites excluding steroid dienone is 7. The fraction of sp³-hybridized carbons (Fsp3) is 0.646. The van der Waals surface area contributed by atoms with Crippen LogP contribution < -0.4 is 53.6 Å². The summed E-state index contributed by atoms with van der Waals surface area (Å²) in [6, 6.07) is -12.0. The smallest absolute Gasteiger partial charge is 0.336 e. The Morgan fingerprint density at radius 2 is 1.34 bits per heavy atom. The Bertz CT molecular complexity index is 3580. The number of carbonyl (C=O) groups is 12. The first-order valence-corrected chi connectivity index (χ1v) is 39.2. The molecule has 7 heterocycles. The quantitative estimate of drug-likeness (QED) is 0.0232. The normalized spacial score (nSPS) is 34.7. The van der Waals surface area contributed by atoms with E-state index in [-0.39, 0.29) is 80.1 Å². The Kier molecular flexibility index (Phi) is 38.7. The molecule has 0 aromatic rings. The van der Waals surface area contributed by atoms with Gasteiger partial charge in [0.1, 0.15) is 60.8 Å². The highest BCUT2D eigenvalue weighted by Crippen LogP contribution is 2.39. The molecule has 7 aliphatic rings. The van der Waals surface area contributed by atoms with Crippen LogP contribution in [0, 0.1) is 29.6 Å². The van der Waals surface area contributed by atoms with E-state index in [0.717, 1.165) is 18.9 Å². The van der Waals surface area contributed by atoms with Crippen LogP contribution in [0.2, 0.25) is 0 Å². The molecule has 16 unspecified atom stereocenters. The number of hydrogen-bond acceptors (Lipinski definition) is 26. The van der Waals surface area contributed by atoms with Gasteiger partial charge in [0.15, 0.2) is 18.0 Å². The van der Waals surface area contributed by atoms with Gasteiger partial charge >= 0.3 is 11.9 Å². The van der Waals surface area contributed by atoms with Gasteiger partial charge < -0.3 is 123 Å². The first-order chi connectivity index (χ1) is 54.5. The van der Waals surface area contributed by atoms with E-state index < -0.39 is 206 Å². The number of nitrogens with one attached hydrogen (secondary N) is 9. The van der Waals surface area contributed by atoms with Crippen molar-refractivity contribution in [2.24, 2.45) is 35.3 Å². The molecular weight excluding hydrogens is 1500 g/mol. The number of β-amino-alcohol motifs (C(OH)–C–C–N with tert-alkyl or cyclic N) is 1. The first-order valence-electron chi connectivity index (χ1n) is 39.2. The minimum absolute atomic E-state index is 0.00320. The van der Waals surface area contributed by atoms with Crippen molar-refractivity contribution in [3.05, 3.63) is 96.7 Å². The number of nitrogens with two attached hydrogens (primary N) is 1. The highest BCUT2D eigenvalue weighted by Gasteiger charge is 2.47. The second-order valence-corrected chi connectivity index (χ2v) is 30.4. The van der Waals surface area contributed by atoms with E-state index in [1.807, 2.05) is 80.0 Å². The Morgan fingerprint density at radius 3 is 2.03 bits per heavy atom. The molecule has 0 aromatic heterocycles. The number of rotatable bonds is 21. The average Bonchev–Trinajstić information content (AvgIpc) is 1.67. The summed E-state index contributed by atoms with van der Waals surface area (Å²) < 4.78 is 31.8. The van der Waals surface area contributed by atoms with Crippen LogP contribution in [0.4, 0.5) is 0 Å². The number of ketones is 1. The van der Waals surface area contributed by atoms with Crippen molar-refractivity contribution >= 4 is 70.9 Å². The highest BCUT2D eigenvalue weighted by molar-refractivity contribution is 6.06. The lowest BCUT2D eigenvalue weighted by atomic mass is 9.85. The lowest BCUT2D eigenvalue weighted by molar-refractivity contribution is -0.175. The van der Waals surface area contributed by atoms with Crippen LogP contribution in [0.25, 0.3) is 0 Å². The van der Waals surface area contributed by atoms with Gasteiger partial charge in [-0.3, -0.25) is 47.9 Å². The average molecular weight is 1620 g/mol. The minimum atomic E-state index is -2.61. The van der Waals surface area contributed by atoms with Crippen molar-refractivity contribution in [3.63, 3.8) is 0 Å². The number of aliphatic hydroxyl groups is 8. The lowest BCUT2D eigenvalue weighted by Gasteiger charge is -2.40. The van der Waals surface area contributed by atoms with E-state index >= 15 is 0 Å². The monoisotopic (exact) mass is 1620 g/mol. The highest BCUT2D eigenvalue weighted by atomic mass is 16.6. The molecule has 0 aliphatic carbocycles. The van der Waals surface area contributed by atoms with Gasteiger partial charge in [0.25, 0.3) is 11.8 Å². The summed E-state index contributed by atoms with van der Waals surface area (Å²) in [4.78, 5) is 160. The molecule has 4 saturated heterocycles. The van der Waals surface area contributed by atoms with Crippen LogP contribution in [-0.4, -0.2) is 284 Å². The fourth-order valence-electron chi connectivity index (χ4n) is 13.8. The number of hydrogen-bond donors (Lipinski definition) is 19. The molecule has 7 aliphatic heterocycles. The van der Waals surface area contributed by atoms with E-state index in [4.69, 9.17) is 29.4 Å². The summed E-state index contributed by atoms with van der Waals surface area (Å²) >= 11 is 0. The second-order valence-electron chi connectivity index (χ2n) is 30.4. The fourth-order valence-corrected chi connectivity index (χ4v) is 13.8. The van der Waals surface area contributed by atoms with Crippen molar-refractivity contribution < 1.29 is 127 Å². The van der Waals surface area contributed by atoms with Gasteiger partial charge in [-0.05, 0) is 82.8 Å². The molecule has 115 heavy (non-hydrogen) atoms. The molecular formula is C79H118N10O26. The standard InChI is InChI=1S/C79H118N10O26/c1-40(2)48-34-53(94)50(39-90)86-74(104)49(85-78(108)66(79(109)110)89-75(105)54(95)38-84-76(106)64(46(8)91)87-77(107)65(88-73(48)103)68(99)69(100)71(80)101)37-83-72(102)45(7)81-31-32-82-62(96)27-19-18-21-41(3)33-42(4)70-58-30-29-47(111-70)22-14-10-9-11-15-23-51(92)67(98)61-35-52(93)43(5)55(113-61)25-20-26-56-44(6)59-36-60(112-56)57(114-59)24-16-12-13-17-28-63(97)115-58/h10,12-17,20,23-24,26,28-30,33,40-41,43-52,54-61,64-70,81,90-93,95,98-100H,9,11,18-19,21-22,25,27,31-32,34-39H2,1-8H3,(H2,80,101)(H,82,96)(H,83,102)(H,84,106)(H,85,108)(H,86,104)(H,87,107)(H,88,103)(H,89,105)(H,109,110)/b13-12-,14-10+,23-15+,24-16+,26-20+,28-17-,42-33+/t41-,43-,44?,45?,46?,47?,48?,49?,50?,51+,52+,54?,55-,56+,57-,58?,59?,60+,61-,64?,65?,66?,67+,68?,69?,70?/m1/s1. The minimum Gasteiger partial charge on any atom is -0.479 e. The number of aliphatic carboxylic acids is 1. The molecule has 9 amide bonds. The lowest BCUT2D eigenvalue weighted by Crippen LogP contribution is -2.64. The maximum atomic E-state index is 14.0. The van der Waals surface area contributed by atoms with Gasteiger partial charge in [-0.1, -0.05) is 120 Å². The third-order valence-corrected chi connectivity index (χ3v) is 21.0. The van der Waals surface area contributed by atoms with Crippen LogP contribution in [0.1, 0.15) is 126 Å². The Hall–Kier alpha value is -8.76. The maximum absolute atomic E-state index is 14.0. The Labute approximate surface area is 668 Å². The van der Waals surface area contributed by atoms with Crippen molar-refractivity contribution in [1.29, 1.82) is 0 Å². The summed E-state index contributed by atoms with van der Waals surface area (Å²) in [5.74, 6) is -17.6. The van der Waals surface area contributed by atoms with Gasteiger partial charge in [0, 0.05) is 69.1 Å². The zero-order valence-corrected chi connectivity index (χ0v) is 66.1. The van der Waals surface area contributed by atoms with Crippen LogP contribution >= 0.6 is 0 Å². The number of aliphatic hydroxyl groups excluding tert-OH is 8. The van der Waals surface area contributed by atoms with Crippen molar-refractivity contribution in [2.45, 2.75) is 260 Å². The van der Waals surface area contributed by atoms with Crippen LogP contribution in [0.5, 0.6) is 0 Å². The molecule has 0 saturated carbocycles. The zero-order chi connectivity index (χ0) is 84.9. The van der Waals surface area contributed by atoms with Crippen molar-refractivity contribution in [2.75, 3.05) is 32.8 Å². The predicted molar refractivity (Wildman–Crippen MR) is 412 cm³/mol. The van der Waals surface area contributed by atoms with E-state index in [0.29, 0.717) is 44.9 Å². The summed E-state index contributed by atoms with van der Waals surface area (Å²) in [6.45, 7) is 10.1. The summed E-state index contributed by atoms with van der Waals surface area (Å²) in [5, 5.41) is 116. The number of carbonyl (C=O) groups excluding carboxylic acids is 11. The van der Waals surface area contributed by atoms with Gasteiger partial charge in [0.05, 0.1) is 68.0 Å². The molecule has 36 nitrogen and oxygen atoms in total. The Morgan fingerprint density at radius 1 is 0.643 bits per heavy atom. The summed E-state index contributed by atoms with van der Waals surface area (Å²) in [6.07, 6.45) is 15.3. The van der Waals surface area contributed by atoms with Gasteiger partial charge in [-0.15, -0.1) is 0 Å². The number of fused-ring (bicyclic) bond motifs is 13. The van der Waals surface area contributed by atoms with E-state index in [2.05, 4.69) is 44.9 Å². The van der Waals surface area contributed by atoms with Crippen LogP contribution in [0.15, 0.2) is 96.7 Å². The molecule has 36 heteroatoms.